The summed E-state index contributed by atoms with van der Waals surface area (Å²) in [4.78, 5) is 12.2. The lowest BCUT2D eigenvalue weighted by molar-refractivity contribution is -0.117. The molecule has 1 atom stereocenters. The Kier molecular flexibility index (Phi) is 5.60. The lowest BCUT2D eigenvalue weighted by atomic mass is 9.96. The normalized spacial score (nSPS) is 18.3. The number of carbonyl (C=O) groups is 1. The van der Waals surface area contributed by atoms with Crippen LogP contribution in [0.3, 0.4) is 0 Å². The first-order chi connectivity index (χ1) is 9.66. The van der Waals surface area contributed by atoms with Gasteiger partial charge in [-0.15, -0.1) is 0 Å². The van der Waals surface area contributed by atoms with Gasteiger partial charge in [-0.25, -0.2) is 0 Å². The van der Waals surface area contributed by atoms with Crippen LogP contribution >= 0.6 is 0 Å². The molecule has 0 aromatic heterocycles. The highest BCUT2D eigenvalue weighted by Crippen LogP contribution is 2.26. The standard InChI is InChI=1S/C17H26N2O/c1-13(18)15-10-6-7-11-16(15)19-17(20)12-14-8-4-2-3-5-9-14/h6-7,10-11,13-14H,2-5,8-9,12,18H2,1H3,(H,19,20). The van der Waals surface area contributed by atoms with Crippen molar-refractivity contribution in [1.82, 2.24) is 0 Å². The van der Waals surface area contributed by atoms with Crippen LogP contribution < -0.4 is 11.1 Å². The van der Waals surface area contributed by atoms with Crippen LogP contribution in [0.15, 0.2) is 24.3 Å². The van der Waals surface area contributed by atoms with E-state index in [0.717, 1.165) is 11.3 Å². The van der Waals surface area contributed by atoms with Crippen molar-refractivity contribution in [3.8, 4) is 0 Å². The molecule has 1 aliphatic rings. The molecule has 1 aromatic rings. The van der Waals surface area contributed by atoms with Crippen molar-refractivity contribution in [3.05, 3.63) is 29.8 Å². The van der Waals surface area contributed by atoms with E-state index in [4.69, 9.17) is 5.73 Å². The van der Waals surface area contributed by atoms with E-state index in [1.807, 2.05) is 31.2 Å². The third-order valence-electron chi connectivity index (χ3n) is 4.17. The van der Waals surface area contributed by atoms with Crippen LogP contribution in [-0.2, 0) is 4.79 Å². The summed E-state index contributed by atoms with van der Waals surface area (Å²) in [6.07, 6.45) is 8.23. The smallest absolute Gasteiger partial charge is 0.224 e. The Balaban J connectivity index is 1.94. The molecule has 2 rings (SSSR count). The topological polar surface area (TPSA) is 55.1 Å². The molecule has 3 nitrogen and oxygen atoms in total. The van der Waals surface area contributed by atoms with Gasteiger partial charge < -0.3 is 11.1 Å². The van der Waals surface area contributed by atoms with Crippen molar-refractivity contribution < 1.29 is 4.79 Å². The Morgan fingerprint density at radius 2 is 1.90 bits per heavy atom. The molecular formula is C17H26N2O. The molecule has 1 unspecified atom stereocenters. The number of amides is 1. The van der Waals surface area contributed by atoms with Gasteiger partial charge in [-0.2, -0.15) is 0 Å². The largest absolute Gasteiger partial charge is 0.326 e. The summed E-state index contributed by atoms with van der Waals surface area (Å²) < 4.78 is 0. The van der Waals surface area contributed by atoms with Gasteiger partial charge in [0.05, 0.1) is 0 Å². The summed E-state index contributed by atoms with van der Waals surface area (Å²) in [5.41, 5.74) is 7.81. The first-order valence-electron chi connectivity index (χ1n) is 7.81. The molecule has 0 aliphatic heterocycles. The number of nitrogens with one attached hydrogen (secondary N) is 1. The fraction of sp³-hybridized carbons (Fsp3) is 0.588. The second kappa shape index (κ2) is 7.44. The maximum absolute atomic E-state index is 12.2. The van der Waals surface area contributed by atoms with Crippen LogP contribution in [0.4, 0.5) is 5.69 Å². The van der Waals surface area contributed by atoms with Crippen LogP contribution in [0.2, 0.25) is 0 Å². The van der Waals surface area contributed by atoms with Crippen molar-refractivity contribution in [3.63, 3.8) is 0 Å². The summed E-state index contributed by atoms with van der Waals surface area (Å²) in [5.74, 6) is 0.685. The van der Waals surface area contributed by atoms with Gasteiger partial charge in [-0.3, -0.25) is 4.79 Å². The number of benzene rings is 1. The fourth-order valence-electron chi connectivity index (χ4n) is 3.04. The van der Waals surface area contributed by atoms with E-state index < -0.39 is 0 Å². The average Bonchev–Trinajstić information content (AvgIpc) is 2.67. The van der Waals surface area contributed by atoms with Gasteiger partial charge >= 0.3 is 0 Å². The lowest BCUT2D eigenvalue weighted by Gasteiger charge is -2.16. The molecule has 0 radical (unpaired) electrons. The zero-order chi connectivity index (χ0) is 14.4. The van der Waals surface area contributed by atoms with Crippen molar-refractivity contribution in [1.29, 1.82) is 0 Å². The predicted octanol–water partition coefficient (Wildman–Crippen LogP) is 4.01. The van der Waals surface area contributed by atoms with Crippen molar-refractivity contribution in [2.75, 3.05) is 5.32 Å². The molecule has 3 N–H and O–H groups in total. The first kappa shape index (κ1) is 15.0. The molecule has 1 saturated carbocycles. The lowest BCUT2D eigenvalue weighted by Crippen LogP contribution is -2.18. The molecule has 0 saturated heterocycles. The Labute approximate surface area is 121 Å². The van der Waals surface area contributed by atoms with Crippen molar-refractivity contribution >= 4 is 11.6 Å². The van der Waals surface area contributed by atoms with E-state index in [9.17, 15) is 4.79 Å². The molecule has 1 aromatic carbocycles. The minimum atomic E-state index is -0.0654. The van der Waals surface area contributed by atoms with Gasteiger partial charge in [0.15, 0.2) is 0 Å². The molecule has 3 heteroatoms. The van der Waals surface area contributed by atoms with Gasteiger partial charge in [-0.1, -0.05) is 43.9 Å². The molecule has 20 heavy (non-hydrogen) atoms. The van der Waals surface area contributed by atoms with E-state index in [0.29, 0.717) is 12.3 Å². The molecule has 0 bridgehead atoms. The minimum Gasteiger partial charge on any atom is -0.326 e. The zero-order valence-corrected chi connectivity index (χ0v) is 12.4. The summed E-state index contributed by atoms with van der Waals surface area (Å²) >= 11 is 0. The number of rotatable bonds is 4. The van der Waals surface area contributed by atoms with E-state index >= 15 is 0 Å². The average molecular weight is 274 g/mol. The molecule has 1 fully saturated rings. The highest BCUT2D eigenvalue weighted by atomic mass is 16.1. The van der Waals surface area contributed by atoms with E-state index in [1.54, 1.807) is 0 Å². The molecule has 0 spiro atoms. The second-order valence-electron chi connectivity index (χ2n) is 5.99. The van der Waals surface area contributed by atoms with Gasteiger partial charge in [0.25, 0.3) is 0 Å². The third-order valence-corrected chi connectivity index (χ3v) is 4.17. The minimum absolute atomic E-state index is 0.0654. The summed E-state index contributed by atoms with van der Waals surface area (Å²) in [7, 11) is 0. The number of para-hydroxylation sites is 1. The van der Waals surface area contributed by atoms with E-state index in [1.165, 1.54) is 38.5 Å². The van der Waals surface area contributed by atoms with Crippen molar-refractivity contribution in [2.24, 2.45) is 11.7 Å². The highest BCUT2D eigenvalue weighted by molar-refractivity contribution is 5.91. The Bertz CT molecular complexity index is 434. The van der Waals surface area contributed by atoms with Gasteiger partial charge in [0.2, 0.25) is 5.91 Å². The van der Waals surface area contributed by atoms with Gasteiger partial charge in [-0.05, 0) is 37.3 Å². The Morgan fingerprint density at radius 1 is 1.25 bits per heavy atom. The van der Waals surface area contributed by atoms with E-state index in [-0.39, 0.29) is 11.9 Å². The predicted molar refractivity (Wildman–Crippen MR) is 83.5 cm³/mol. The first-order valence-corrected chi connectivity index (χ1v) is 7.81. The SMILES string of the molecule is CC(N)c1ccccc1NC(=O)CC1CCCCCC1. The summed E-state index contributed by atoms with van der Waals surface area (Å²) in [5, 5.41) is 3.04. The summed E-state index contributed by atoms with van der Waals surface area (Å²) in [6, 6.07) is 7.74. The molecule has 1 amide bonds. The van der Waals surface area contributed by atoms with Crippen LogP contribution in [0.25, 0.3) is 0 Å². The Hall–Kier alpha value is -1.35. The Morgan fingerprint density at radius 3 is 2.55 bits per heavy atom. The quantitative estimate of drug-likeness (QED) is 0.815. The second-order valence-corrected chi connectivity index (χ2v) is 5.99. The van der Waals surface area contributed by atoms with Crippen molar-refractivity contribution in [2.45, 2.75) is 57.9 Å². The summed E-state index contributed by atoms with van der Waals surface area (Å²) in [6.45, 7) is 1.94. The van der Waals surface area contributed by atoms with Gasteiger partial charge in [0.1, 0.15) is 0 Å². The number of hydrogen-bond acceptors (Lipinski definition) is 2. The number of carbonyl (C=O) groups excluding carboxylic acids is 1. The number of nitrogens with two attached hydrogens (primary N) is 1. The van der Waals surface area contributed by atoms with Crippen LogP contribution in [-0.4, -0.2) is 5.91 Å². The maximum Gasteiger partial charge on any atom is 0.224 e. The van der Waals surface area contributed by atoms with Crippen LogP contribution in [0.1, 0.15) is 63.5 Å². The molecule has 1 aliphatic carbocycles. The molecule has 0 heterocycles. The number of anilines is 1. The third kappa shape index (κ3) is 4.34. The maximum atomic E-state index is 12.2. The van der Waals surface area contributed by atoms with Crippen LogP contribution in [0.5, 0.6) is 0 Å². The van der Waals surface area contributed by atoms with E-state index in [2.05, 4.69) is 5.32 Å². The zero-order valence-electron chi connectivity index (χ0n) is 12.4. The van der Waals surface area contributed by atoms with Crippen LogP contribution in [0, 0.1) is 5.92 Å². The molecular weight excluding hydrogens is 248 g/mol. The fourth-order valence-corrected chi connectivity index (χ4v) is 3.04. The number of hydrogen-bond donors (Lipinski definition) is 2. The monoisotopic (exact) mass is 274 g/mol. The van der Waals surface area contributed by atoms with Gasteiger partial charge in [0, 0.05) is 18.2 Å². The molecule has 110 valence electrons. The highest BCUT2D eigenvalue weighted by Gasteiger charge is 2.17.